The molecule has 7 nitrogen and oxygen atoms in total. The summed E-state index contributed by atoms with van der Waals surface area (Å²) in [5, 5.41) is 2.50. The second-order valence-electron chi connectivity index (χ2n) is 6.11. The predicted molar refractivity (Wildman–Crippen MR) is 114 cm³/mol. The summed E-state index contributed by atoms with van der Waals surface area (Å²) in [7, 11) is 1.47. The molecule has 9 heteroatoms. The van der Waals surface area contributed by atoms with E-state index in [0.717, 1.165) is 29.5 Å². The number of ether oxygens (including phenoxy) is 2. The molecule has 0 aromatic heterocycles. The summed E-state index contributed by atoms with van der Waals surface area (Å²) < 4.78 is 10.8. The van der Waals surface area contributed by atoms with Gasteiger partial charge in [0.15, 0.2) is 11.5 Å². The van der Waals surface area contributed by atoms with Crippen molar-refractivity contribution in [3.8, 4) is 11.5 Å². The second-order valence-corrected chi connectivity index (χ2v) is 7.51. The number of benzene rings is 1. The van der Waals surface area contributed by atoms with E-state index in [2.05, 4.69) is 11.9 Å². The molecule has 0 unspecified atom stereocenters. The fourth-order valence-electron chi connectivity index (χ4n) is 2.50. The fourth-order valence-corrected chi connectivity index (χ4v) is 3.61. The van der Waals surface area contributed by atoms with Crippen LogP contribution in [0.15, 0.2) is 29.7 Å². The number of amides is 3. The Labute approximate surface area is 179 Å². The van der Waals surface area contributed by atoms with E-state index in [1.807, 2.05) is 6.92 Å². The van der Waals surface area contributed by atoms with Crippen molar-refractivity contribution in [3.05, 3.63) is 40.3 Å². The Bertz CT molecular complexity index is 840. The monoisotopic (exact) mass is 438 g/mol. The fraction of sp³-hybridized carbons (Fsp3) is 0.350. The van der Waals surface area contributed by atoms with Gasteiger partial charge in [-0.05, 0) is 42.0 Å². The van der Waals surface area contributed by atoms with Gasteiger partial charge in [0.2, 0.25) is 5.91 Å². The first kappa shape index (κ1) is 22.8. The summed E-state index contributed by atoms with van der Waals surface area (Å²) >= 11 is 7.04. The van der Waals surface area contributed by atoms with Crippen molar-refractivity contribution in [3.63, 3.8) is 0 Å². The van der Waals surface area contributed by atoms with Crippen molar-refractivity contribution in [1.29, 1.82) is 0 Å². The third-order valence-electron chi connectivity index (χ3n) is 3.92. The molecule has 0 bridgehead atoms. The molecule has 1 saturated heterocycles. The van der Waals surface area contributed by atoms with Crippen LogP contribution < -0.4 is 14.8 Å². The van der Waals surface area contributed by atoms with E-state index in [-0.39, 0.29) is 24.0 Å². The average molecular weight is 439 g/mol. The van der Waals surface area contributed by atoms with Crippen LogP contribution in [0.1, 0.15) is 25.3 Å². The zero-order valence-electron chi connectivity index (χ0n) is 16.3. The second kappa shape index (κ2) is 10.9. The van der Waals surface area contributed by atoms with Crippen molar-refractivity contribution in [2.75, 3.05) is 26.8 Å². The van der Waals surface area contributed by atoms with E-state index in [1.54, 1.807) is 18.2 Å². The minimum atomic E-state index is -0.521. The zero-order chi connectivity index (χ0) is 21.4. The molecule has 1 aromatic carbocycles. The number of carbonyl (C=O) groups excluding carboxylic acids is 3. The lowest BCUT2D eigenvalue weighted by molar-refractivity contribution is -0.129. The highest BCUT2D eigenvalue weighted by molar-refractivity contribution is 8.18. The number of halogens is 1. The number of hydrogen-bond donors (Lipinski definition) is 1. The summed E-state index contributed by atoms with van der Waals surface area (Å²) in [4.78, 5) is 37.8. The van der Waals surface area contributed by atoms with Gasteiger partial charge in [0, 0.05) is 6.54 Å². The van der Waals surface area contributed by atoms with Crippen molar-refractivity contribution >= 4 is 46.5 Å². The maximum atomic E-state index is 12.6. The largest absolute Gasteiger partial charge is 0.493 e. The van der Waals surface area contributed by atoms with E-state index in [4.69, 9.17) is 21.1 Å². The molecule has 0 radical (unpaired) electrons. The number of thioether (sulfide) groups is 1. The maximum Gasteiger partial charge on any atom is 0.294 e. The molecular formula is C20H23ClN2O5S. The summed E-state index contributed by atoms with van der Waals surface area (Å²) in [5.74, 6) is -0.133. The quantitative estimate of drug-likeness (QED) is 0.339. The Morgan fingerprint density at radius 2 is 2.14 bits per heavy atom. The Balaban J connectivity index is 2.17. The first-order valence-electron chi connectivity index (χ1n) is 9.04. The van der Waals surface area contributed by atoms with Crippen LogP contribution in [0.25, 0.3) is 6.08 Å². The number of imide groups is 1. The molecule has 0 saturated carbocycles. The molecule has 2 rings (SSSR count). The van der Waals surface area contributed by atoms with E-state index in [9.17, 15) is 14.4 Å². The van der Waals surface area contributed by atoms with E-state index in [0.29, 0.717) is 28.6 Å². The van der Waals surface area contributed by atoms with Gasteiger partial charge in [0.1, 0.15) is 13.2 Å². The van der Waals surface area contributed by atoms with E-state index >= 15 is 0 Å². The topological polar surface area (TPSA) is 84.9 Å². The molecule has 1 fully saturated rings. The molecule has 1 heterocycles. The molecule has 3 amide bonds. The van der Waals surface area contributed by atoms with Crippen LogP contribution in [0.2, 0.25) is 5.02 Å². The van der Waals surface area contributed by atoms with Crippen LogP contribution in [-0.2, 0) is 9.59 Å². The van der Waals surface area contributed by atoms with Gasteiger partial charge in [0.05, 0.1) is 17.0 Å². The van der Waals surface area contributed by atoms with Gasteiger partial charge in [0.25, 0.3) is 11.1 Å². The van der Waals surface area contributed by atoms with E-state index in [1.165, 1.54) is 13.2 Å². The number of unbranched alkanes of at least 4 members (excludes halogenated alkanes) is 1. The van der Waals surface area contributed by atoms with Crippen LogP contribution in [-0.4, -0.2) is 48.8 Å². The van der Waals surface area contributed by atoms with Crippen molar-refractivity contribution in [1.82, 2.24) is 10.2 Å². The Kier molecular flexibility index (Phi) is 8.60. The van der Waals surface area contributed by atoms with Gasteiger partial charge >= 0.3 is 0 Å². The smallest absolute Gasteiger partial charge is 0.294 e. The highest BCUT2D eigenvalue weighted by atomic mass is 35.5. The summed E-state index contributed by atoms with van der Waals surface area (Å²) in [5.41, 5.74) is 0.565. The van der Waals surface area contributed by atoms with Crippen LogP contribution in [0, 0.1) is 0 Å². The molecular weight excluding hydrogens is 416 g/mol. The van der Waals surface area contributed by atoms with Crippen LogP contribution in [0.3, 0.4) is 0 Å². The minimum absolute atomic E-state index is 0.203. The lowest BCUT2D eigenvalue weighted by atomic mass is 10.1. The lowest BCUT2D eigenvalue weighted by Gasteiger charge is -2.13. The van der Waals surface area contributed by atoms with Crippen molar-refractivity contribution in [2.45, 2.75) is 19.8 Å². The molecule has 29 heavy (non-hydrogen) atoms. The third-order valence-corrected chi connectivity index (χ3v) is 5.11. The molecule has 0 aliphatic carbocycles. The van der Waals surface area contributed by atoms with Gasteiger partial charge in [-0.25, -0.2) is 0 Å². The van der Waals surface area contributed by atoms with Crippen molar-refractivity contribution in [2.24, 2.45) is 0 Å². The number of nitrogens with one attached hydrogen (secondary N) is 1. The van der Waals surface area contributed by atoms with Gasteiger partial charge in [-0.2, -0.15) is 0 Å². The van der Waals surface area contributed by atoms with Crippen molar-refractivity contribution < 1.29 is 23.9 Å². The molecule has 156 valence electrons. The van der Waals surface area contributed by atoms with Gasteiger partial charge < -0.3 is 14.8 Å². The summed E-state index contributed by atoms with van der Waals surface area (Å²) in [6.45, 7) is 6.06. The van der Waals surface area contributed by atoms with Gasteiger partial charge in [-0.3, -0.25) is 19.3 Å². The Hall–Kier alpha value is -2.45. The van der Waals surface area contributed by atoms with Crippen LogP contribution in [0.5, 0.6) is 11.5 Å². The standard InChI is InChI=1S/C20H23ClN2O5S/c1-4-6-7-22-17(24)12-23-19(25)16(29-20(23)26)11-13-9-14(21)18(28-8-5-2)15(10-13)27-3/h5,9-11H,2,4,6-8,12H2,1,3H3,(H,22,24)/b16-11-. The van der Waals surface area contributed by atoms with Gasteiger partial charge in [-0.15, -0.1) is 0 Å². The first-order valence-corrected chi connectivity index (χ1v) is 10.2. The highest BCUT2D eigenvalue weighted by Crippen LogP contribution is 2.38. The molecule has 1 aromatic rings. The number of carbonyl (C=O) groups is 3. The third kappa shape index (κ3) is 6.01. The lowest BCUT2D eigenvalue weighted by Crippen LogP contribution is -2.39. The number of methoxy groups -OCH3 is 1. The molecule has 1 aliphatic heterocycles. The Morgan fingerprint density at radius 3 is 2.79 bits per heavy atom. The number of hydrogen-bond acceptors (Lipinski definition) is 6. The highest BCUT2D eigenvalue weighted by Gasteiger charge is 2.36. The van der Waals surface area contributed by atoms with Crippen LogP contribution in [0.4, 0.5) is 4.79 Å². The minimum Gasteiger partial charge on any atom is -0.493 e. The number of nitrogens with zero attached hydrogens (tertiary/aromatic N) is 1. The molecule has 0 atom stereocenters. The normalized spacial score (nSPS) is 15.0. The molecule has 1 aliphatic rings. The first-order chi connectivity index (χ1) is 13.9. The van der Waals surface area contributed by atoms with Gasteiger partial charge in [-0.1, -0.05) is 37.6 Å². The zero-order valence-corrected chi connectivity index (χ0v) is 17.9. The number of rotatable bonds is 10. The SMILES string of the molecule is C=CCOc1c(Cl)cc(/C=C2\SC(=O)N(CC(=O)NCCCC)C2=O)cc1OC. The molecule has 1 N–H and O–H groups in total. The molecule has 0 spiro atoms. The van der Waals surface area contributed by atoms with E-state index < -0.39 is 11.1 Å². The summed E-state index contributed by atoms with van der Waals surface area (Å²) in [6, 6.07) is 3.25. The maximum absolute atomic E-state index is 12.6. The summed E-state index contributed by atoms with van der Waals surface area (Å²) in [6.07, 6.45) is 4.89. The average Bonchev–Trinajstić information content (AvgIpc) is 2.94. The Morgan fingerprint density at radius 1 is 1.38 bits per heavy atom. The predicted octanol–water partition coefficient (Wildman–Crippen LogP) is 3.87. The van der Waals surface area contributed by atoms with Crippen LogP contribution >= 0.6 is 23.4 Å².